The lowest BCUT2D eigenvalue weighted by Crippen LogP contribution is -2.07. The van der Waals surface area contributed by atoms with Crippen LogP contribution in [0.3, 0.4) is 0 Å². The molecule has 0 aliphatic heterocycles. The van der Waals surface area contributed by atoms with Gasteiger partial charge in [-0.15, -0.1) is 0 Å². The van der Waals surface area contributed by atoms with Crippen molar-refractivity contribution in [2.24, 2.45) is 0 Å². The lowest BCUT2D eigenvalue weighted by atomic mass is 10.2. The first-order valence-corrected chi connectivity index (χ1v) is 3.42. The number of rotatable bonds is 2. The number of hydrogen-bond donors (Lipinski definition) is 2. The minimum Gasteiger partial charge on any atom is -0.399 e. The highest BCUT2D eigenvalue weighted by molar-refractivity contribution is 5.40. The van der Waals surface area contributed by atoms with E-state index in [0.29, 0.717) is 17.8 Å². The molecular formula is C8H11FN2. The predicted octanol–water partition coefficient (Wildman–Crippen LogP) is 1.13. The highest BCUT2D eigenvalue weighted by atomic mass is 19.1. The van der Waals surface area contributed by atoms with Gasteiger partial charge in [0.1, 0.15) is 5.82 Å². The van der Waals surface area contributed by atoms with E-state index in [4.69, 9.17) is 5.73 Å². The zero-order chi connectivity index (χ0) is 8.27. The Morgan fingerprint density at radius 1 is 1.55 bits per heavy atom. The normalized spacial score (nSPS) is 10.0. The van der Waals surface area contributed by atoms with Crippen LogP contribution in [0.25, 0.3) is 0 Å². The van der Waals surface area contributed by atoms with E-state index in [0.717, 1.165) is 0 Å². The fourth-order valence-corrected chi connectivity index (χ4v) is 0.897. The van der Waals surface area contributed by atoms with Gasteiger partial charge in [0, 0.05) is 17.8 Å². The molecule has 3 N–H and O–H groups in total. The zero-order valence-electron chi connectivity index (χ0n) is 6.39. The Labute approximate surface area is 65.2 Å². The summed E-state index contributed by atoms with van der Waals surface area (Å²) in [6.45, 7) is 0.534. The lowest BCUT2D eigenvalue weighted by molar-refractivity contribution is 0.601. The van der Waals surface area contributed by atoms with Crippen LogP contribution in [-0.4, -0.2) is 7.05 Å². The molecule has 0 spiro atoms. The van der Waals surface area contributed by atoms with Gasteiger partial charge in [0.05, 0.1) is 0 Å². The maximum atomic E-state index is 12.9. The van der Waals surface area contributed by atoms with Gasteiger partial charge in [-0.2, -0.15) is 0 Å². The van der Waals surface area contributed by atoms with Gasteiger partial charge in [0.25, 0.3) is 0 Å². The van der Waals surface area contributed by atoms with E-state index in [9.17, 15) is 4.39 Å². The van der Waals surface area contributed by atoms with Crippen LogP contribution in [-0.2, 0) is 6.54 Å². The van der Waals surface area contributed by atoms with Crippen molar-refractivity contribution in [3.8, 4) is 0 Å². The minimum atomic E-state index is -0.251. The number of anilines is 1. The summed E-state index contributed by atoms with van der Waals surface area (Å²) < 4.78 is 12.9. The molecule has 0 saturated carbocycles. The first-order valence-electron chi connectivity index (χ1n) is 3.42. The first kappa shape index (κ1) is 8.01. The largest absolute Gasteiger partial charge is 0.399 e. The van der Waals surface area contributed by atoms with Crippen molar-refractivity contribution < 1.29 is 4.39 Å². The highest BCUT2D eigenvalue weighted by Crippen LogP contribution is 2.10. The third-order valence-corrected chi connectivity index (χ3v) is 1.44. The topological polar surface area (TPSA) is 38.0 Å². The van der Waals surface area contributed by atoms with Gasteiger partial charge in [-0.25, -0.2) is 4.39 Å². The van der Waals surface area contributed by atoms with Gasteiger partial charge in [-0.3, -0.25) is 0 Å². The van der Waals surface area contributed by atoms with Gasteiger partial charge in [0.2, 0.25) is 0 Å². The predicted molar refractivity (Wildman–Crippen MR) is 43.6 cm³/mol. The average molecular weight is 154 g/mol. The second-order valence-electron chi connectivity index (χ2n) is 2.38. The van der Waals surface area contributed by atoms with Crippen molar-refractivity contribution in [3.05, 3.63) is 29.6 Å². The van der Waals surface area contributed by atoms with Crippen molar-refractivity contribution in [3.63, 3.8) is 0 Å². The Hall–Kier alpha value is -1.09. The van der Waals surface area contributed by atoms with E-state index < -0.39 is 0 Å². The molecule has 11 heavy (non-hydrogen) atoms. The summed E-state index contributed by atoms with van der Waals surface area (Å²) in [4.78, 5) is 0. The number of nitrogens with one attached hydrogen (secondary N) is 1. The van der Waals surface area contributed by atoms with Crippen LogP contribution in [0, 0.1) is 5.82 Å². The standard InChI is InChI=1S/C8H11FN2/c1-11-5-6-2-3-7(10)4-8(6)9/h2-4,11H,5,10H2,1H3. The number of halogens is 1. The van der Waals surface area contributed by atoms with Gasteiger partial charge < -0.3 is 11.1 Å². The van der Waals surface area contributed by atoms with Gasteiger partial charge in [-0.05, 0) is 19.2 Å². The summed E-state index contributed by atoms with van der Waals surface area (Å²) >= 11 is 0. The fourth-order valence-electron chi connectivity index (χ4n) is 0.897. The molecule has 0 aliphatic rings. The summed E-state index contributed by atoms with van der Waals surface area (Å²) in [7, 11) is 1.77. The molecule has 0 atom stereocenters. The minimum absolute atomic E-state index is 0.251. The summed E-state index contributed by atoms with van der Waals surface area (Å²) in [5.74, 6) is -0.251. The van der Waals surface area contributed by atoms with E-state index in [1.54, 1.807) is 19.2 Å². The molecule has 0 aromatic heterocycles. The van der Waals surface area contributed by atoms with Crippen molar-refractivity contribution in [1.29, 1.82) is 0 Å². The monoisotopic (exact) mass is 154 g/mol. The van der Waals surface area contributed by atoms with E-state index in [1.165, 1.54) is 6.07 Å². The third-order valence-electron chi connectivity index (χ3n) is 1.44. The molecule has 0 heterocycles. The number of benzene rings is 1. The second-order valence-corrected chi connectivity index (χ2v) is 2.38. The maximum absolute atomic E-state index is 12.9. The van der Waals surface area contributed by atoms with Crippen LogP contribution >= 0.6 is 0 Å². The third kappa shape index (κ3) is 1.91. The average Bonchev–Trinajstić information content (AvgIpc) is 1.95. The molecule has 0 aliphatic carbocycles. The SMILES string of the molecule is CNCc1ccc(N)cc1F. The van der Waals surface area contributed by atoms with E-state index in [2.05, 4.69) is 5.32 Å². The first-order chi connectivity index (χ1) is 5.24. The van der Waals surface area contributed by atoms with Crippen LogP contribution in [0.2, 0.25) is 0 Å². The lowest BCUT2D eigenvalue weighted by Gasteiger charge is -2.01. The molecule has 60 valence electrons. The molecule has 0 amide bonds. The summed E-state index contributed by atoms with van der Waals surface area (Å²) in [5, 5.41) is 2.86. The molecule has 0 unspecified atom stereocenters. The van der Waals surface area contributed by atoms with Crippen LogP contribution in [0.1, 0.15) is 5.56 Å². The Morgan fingerprint density at radius 2 is 2.27 bits per heavy atom. The van der Waals surface area contributed by atoms with E-state index in [1.807, 2.05) is 0 Å². The number of hydrogen-bond acceptors (Lipinski definition) is 2. The fraction of sp³-hybridized carbons (Fsp3) is 0.250. The Bertz CT molecular complexity index is 248. The Kier molecular flexibility index (Phi) is 2.44. The molecule has 1 rings (SSSR count). The summed E-state index contributed by atoms with van der Waals surface area (Å²) in [6.07, 6.45) is 0. The zero-order valence-corrected chi connectivity index (χ0v) is 6.39. The van der Waals surface area contributed by atoms with Crippen molar-refractivity contribution in [2.45, 2.75) is 6.54 Å². The van der Waals surface area contributed by atoms with Crippen LogP contribution in [0.5, 0.6) is 0 Å². The quantitative estimate of drug-likeness (QED) is 0.626. The number of nitrogens with two attached hydrogens (primary N) is 1. The molecule has 2 nitrogen and oxygen atoms in total. The molecule has 1 aromatic rings. The van der Waals surface area contributed by atoms with Crippen molar-refractivity contribution in [1.82, 2.24) is 5.32 Å². The molecule has 1 aromatic carbocycles. The number of nitrogen functional groups attached to an aromatic ring is 1. The Morgan fingerprint density at radius 3 is 2.82 bits per heavy atom. The van der Waals surface area contributed by atoms with Gasteiger partial charge in [-0.1, -0.05) is 6.07 Å². The second kappa shape index (κ2) is 3.34. The maximum Gasteiger partial charge on any atom is 0.129 e. The summed E-state index contributed by atoms with van der Waals surface area (Å²) in [5.41, 5.74) is 6.46. The van der Waals surface area contributed by atoms with E-state index in [-0.39, 0.29) is 5.82 Å². The molecule has 0 bridgehead atoms. The van der Waals surface area contributed by atoms with Gasteiger partial charge >= 0.3 is 0 Å². The Balaban J connectivity index is 2.90. The molecule has 0 fully saturated rings. The van der Waals surface area contributed by atoms with E-state index >= 15 is 0 Å². The van der Waals surface area contributed by atoms with Crippen molar-refractivity contribution in [2.75, 3.05) is 12.8 Å². The van der Waals surface area contributed by atoms with Crippen LogP contribution < -0.4 is 11.1 Å². The van der Waals surface area contributed by atoms with Crippen molar-refractivity contribution >= 4 is 5.69 Å². The van der Waals surface area contributed by atoms with Crippen LogP contribution in [0.4, 0.5) is 10.1 Å². The van der Waals surface area contributed by atoms with Crippen LogP contribution in [0.15, 0.2) is 18.2 Å². The molecular weight excluding hydrogens is 143 g/mol. The molecule has 0 radical (unpaired) electrons. The summed E-state index contributed by atoms with van der Waals surface area (Å²) in [6, 6.07) is 4.70. The molecule has 3 heteroatoms. The highest BCUT2D eigenvalue weighted by Gasteiger charge is 1.99. The van der Waals surface area contributed by atoms with Gasteiger partial charge in [0.15, 0.2) is 0 Å². The molecule has 0 saturated heterocycles. The smallest absolute Gasteiger partial charge is 0.129 e.